The van der Waals surface area contributed by atoms with Gasteiger partial charge in [0.2, 0.25) is 11.9 Å². The predicted molar refractivity (Wildman–Crippen MR) is 154 cm³/mol. The number of rotatable bonds is 3. The van der Waals surface area contributed by atoms with E-state index < -0.39 is 94.7 Å². The van der Waals surface area contributed by atoms with Crippen molar-refractivity contribution in [2.24, 2.45) is 5.92 Å². The summed E-state index contributed by atoms with van der Waals surface area (Å²) in [5.41, 5.74) is 9.36. The minimum absolute atomic E-state index is 0.105. The molecule has 4 aromatic heterocycles. The first kappa shape index (κ1) is 32.6. The Bertz CT molecular complexity index is 2150. The van der Waals surface area contributed by atoms with E-state index in [4.69, 9.17) is 39.0 Å². The number of fused-ring (bicyclic) bond motifs is 4. The highest BCUT2D eigenvalue weighted by atomic mass is 31.2. The van der Waals surface area contributed by atoms with Gasteiger partial charge in [-0.05, 0) is 6.92 Å². The zero-order valence-corrected chi connectivity index (χ0v) is 26.0. The molecule has 26 heteroatoms. The fourth-order valence-corrected chi connectivity index (χ4v) is 7.78. The van der Waals surface area contributed by atoms with Crippen molar-refractivity contribution in [3.05, 3.63) is 33.4 Å². The van der Waals surface area contributed by atoms with Crippen LogP contribution in [0.15, 0.2) is 22.2 Å². The number of aromatic nitrogens is 8. The van der Waals surface area contributed by atoms with Gasteiger partial charge in [-0.1, -0.05) is 0 Å². The van der Waals surface area contributed by atoms with E-state index >= 15 is 0 Å². The third-order valence-corrected chi connectivity index (χ3v) is 9.85. The van der Waals surface area contributed by atoms with Crippen molar-refractivity contribution in [2.75, 3.05) is 24.7 Å². The number of nitrogens with one attached hydrogen (secondary N) is 2. The van der Waals surface area contributed by atoms with Crippen molar-refractivity contribution >= 4 is 55.7 Å². The number of Topliss-reactive ketones (excluding diaryl/α,β-unsaturated/α-hetero) is 1. The maximum Gasteiger partial charge on any atom is 0.472 e. The van der Waals surface area contributed by atoms with Crippen molar-refractivity contribution in [3.63, 3.8) is 0 Å². The number of aliphatic hydroxyl groups excluding tert-OH is 1. The van der Waals surface area contributed by atoms with Crippen molar-refractivity contribution in [2.45, 2.75) is 49.9 Å². The zero-order valence-electron chi connectivity index (χ0n) is 24.3. The van der Waals surface area contributed by atoms with Crippen LogP contribution in [0.1, 0.15) is 19.4 Å². The van der Waals surface area contributed by atoms with Crippen molar-refractivity contribution in [1.82, 2.24) is 39.0 Å². The van der Waals surface area contributed by atoms with Gasteiger partial charge in [0.05, 0.1) is 31.8 Å². The fourth-order valence-electron chi connectivity index (χ4n) is 5.85. The van der Waals surface area contributed by atoms with Crippen LogP contribution in [0.5, 0.6) is 0 Å². The van der Waals surface area contributed by atoms with E-state index in [0.717, 1.165) is 24.1 Å². The lowest BCUT2D eigenvalue weighted by atomic mass is 9.96. The van der Waals surface area contributed by atoms with Crippen molar-refractivity contribution < 1.29 is 56.4 Å². The molecule has 3 fully saturated rings. The number of nitrogen functional groups attached to an aromatic ring is 2. The number of imidazole rings is 2. The first-order chi connectivity index (χ1) is 22.6. The average Bonchev–Trinajstić information content (AvgIpc) is 3.75. The van der Waals surface area contributed by atoms with E-state index in [1.807, 2.05) is 0 Å². The summed E-state index contributed by atoms with van der Waals surface area (Å²) in [5, 5.41) is 11.2. The molecule has 0 aliphatic carbocycles. The highest BCUT2D eigenvalue weighted by molar-refractivity contribution is 7.47. The van der Waals surface area contributed by atoms with Gasteiger partial charge in [-0.3, -0.25) is 51.6 Å². The molecule has 0 amide bonds. The highest BCUT2D eigenvalue weighted by Crippen LogP contribution is 2.54. The van der Waals surface area contributed by atoms with Gasteiger partial charge < -0.3 is 35.8 Å². The fraction of sp³-hybridized carbons (Fsp3) is 0.500. The minimum Gasteiger partial charge on any atom is -0.386 e. The summed E-state index contributed by atoms with van der Waals surface area (Å²) in [7, 11) is -10.3. The van der Waals surface area contributed by atoms with Crippen molar-refractivity contribution in [3.8, 4) is 0 Å². The maximum atomic E-state index is 13.3. The Morgan fingerprint density at radius 3 is 1.83 bits per heavy atom. The smallest absolute Gasteiger partial charge is 0.386 e. The second-order valence-electron chi connectivity index (χ2n) is 11.0. The largest absolute Gasteiger partial charge is 0.472 e. The summed E-state index contributed by atoms with van der Waals surface area (Å²) in [6, 6.07) is 0. The first-order valence-corrected chi connectivity index (χ1v) is 16.9. The number of phosphoric acid groups is 2. The quantitative estimate of drug-likeness (QED) is 0.111. The second kappa shape index (κ2) is 11.6. The molecule has 24 nitrogen and oxygen atoms in total. The van der Waals surface area contributed by atoms with Crippen LogP contribution in [-0.2, 0) is 41.5 Å². The number of aliphatic hydroxyl groups is 1. The number of H-pyrrole nitrogens is 2. The van der Waals surface area contributed by atoms with Crippen LogP contribution in [0.2, 0.25) is 0 Å². The molecule has 0 radical (unpaired) electrons. The summed E-state index contributed by atoms with van der Waals surface area (Å²) in [4.78, 5) is 79.5. The lowest BCUT2D eigenvalue weighted by Crippen LogP contribution is -2.39. The van der Waals surface area contributed by atoms with Crippen LogP contribution in [-0.4, -0.2) is 103 Å². The van der Waals surface area contributed by atoms with Crippen LogP contribution in [0, 0.1) is 5.92 Å². The molecular weight excluding hydrogens is 690 g/mol. The highest BCUT2D eigenvalue weighted by Gasteiger charge is 2.55. The number of phosphoric ester groups is 2. The van der Waals surface area contributed by atoms with Gasteiger partial charge in [0, 0.05) is 0 Å². The molecule has 4 unspecified atom stereocenters. The minimum atomic E-state index is -5.13. The van der Waals surface area contributed by atoms with Gasteiger partial charge in [0.1, 0.15) is 42.5 Å². The Kier molecular flexibility index (Phi) is 7.88. The number of nitrogens with two attached hydrogens (primary N) is 2. The summed E-state index contributed by atoms with van der Waals surface area (Å²) >= 11 is 0. The Morgan fingerprint density at radius 1 is 0.854 bits per heavy atom. The third kappa shape index (κ3) is 5.65. The van der Waals surface area contributed by atoms with Crippen LogP contribution in [0.25, 0.3) is 22.3 Å². The number of carbonyl (C=O) groups excluding carboxylic acids is 1. The van der Waals surface area contributed by atoms with Crippen LogP contribution >= 0.6 is 15.6 Å². The van der Waals surface area contributed by atoms with E-state index in [-0.39, 0.29) is 34.2 Å². The van der Waals surface area contributed by atoms with Crippen LogP contribution < -0.4 is 22.6 Å². The second-order valence-corrected chi connectivity index (χ2v) is 13.8. The number of hydrogen-bond donors (Lipinski definition) is 7. The van der Waals surface area contributed by atoms with Crippen LogP contribution in [0.4, 0.5) is 11.9 Å². The normalized spacial score (nSPS) is 36.0. The molecule has 0 saturated carbocycles. The molecule has 3 aliphatic rings. The molecule has 258 valence electrons. The lowest BCUT2D eigenvalue weighted by molar-refractivity contribution is -0.126. The van der Waals surface area contributed by atoms with Crippen molar-refractivity contribution in [1.29, 1.82) is 0 Å². The van der Waals surface area contributed by atoms with E-state index in [9.17, 15) is 38.4 Å². The Morgan fingerprint density at radius 2 is 1.31 bits per heavy atom. The molecule has 48 heavy (non-hydrogen) atoms. The summed E-state index contributed by atoms with van der Waals surface area (Å²) in [5.74, 6) is -2.61. The number of nitrogens with zero attached hydrogens (tertiary/aromatic N) is 6. The van der Waals surface area contributed by atoms with Gasteiger partial charge in [-0.15, -0.1) is 0 Å². The molecule has 7 heterocycles. The molecule has 9 N–H and O–H groups in total. The van der Waals surface area contributed by atoms with Gasteiger partial charge in [-0.2, -0.15) is 9.97 Å². The Balaban J connectivity index is 1.21. The first-order valence-electron chi connectivity index (χ1n) is 13.9. The standard InChI is InChI=1S/C22H26N10O14P2/c1-6(33)9-13-7(43-19(9)31-4-25-10-15(31)27-21(23)29-17(10)35)2-41-48(39,40)46-14-8(3-42-47(37,38)45-13)44-20(12(14)34)32-5-26-11-16(32)28-22(24)30-18(11)36/h4-5,7-9,12-14,19-20,34H,2-3H2,1H3,(H,37,38)(H,39,40)(H3,23,27,29,35)(H3,24,28,30,36)/t7-,8-,9-,12-,13?,14?,19+,20+/m0/s1. The number of hydrogen-bond acceptors (Lipinski definition) is 18. The topological polar surface area (TPSA) is 346 Å². The third-order valence-electron chi connectivity index (χ3n) is 7.88. The molecule has 0 spiro atoms. The van der Waals surface area contributed by atoms with E-state index in [1.165, 1.54) is 4.57 Å². The molecule has 3 aliphatic heterocycles. The van der Waals surface area contributed by atoms with Gasteiger partial charge in [0.15, 0.2) is 28.6 Å². The predicted octanol–water partition coefficient (Wildman–Crippen LogP) is -2.20. The van der Waals surface area contributed by atoms with Gasteiger partial charge >= 0.3 is 15.6 Å². The molecule has 0 bridgehead atoms. The van der Waals surface area contributed by atoms with Gasteiger partial charge in [0.25, 0.3) is 11.1 Å². The van der Waals surface area contributed by atoms with Gasteiger partial charge in [-0.25, -0.2) is 19.1 Å². The van der Waals surface area contributed by atoms with E-state index in [2.05, 4.69) is 29.9 Å². The summed E-state index contributed by atoms with van der Waals surface area (Å²) < 4.78 is 61.6. The maximum absolute atomic E-state index is 13.3. The number of anilines is 2. The molecule has 4 aromatic rings. The molecular formula is C22H26N10O14P2. The zero-order chi connectivity index (χ0) is 34.3. The SMILES string of the molecule is CC(=O)[C@H]1C2OP(=O)(O)OC[C@@H]3O[C@@H](n4cnc5c(=O)[nH]c(N)nc54)[C@@H](O)C3OP(=O)(O)OC[C@@H]2O[C@H]1n1cnc2c(=O)[nH]c(N)nc21. The molecule has 10 atom stereocenters. The number of aromatic amines is 2. The molecule has 3 saturated heterocycles. The van der Waals surface area contributed by atoms with E-state index in [0.29, 0.717) is 0 Å². The Hall–Kier alpha value is -3.93. The lowest BCUT2D eigenvalue weighted by Gasteiger charge is -2.28. The van der Waals surface area contributed by atoms with E-state index in [1.54, 1.807) is 0 Å². The average molecular weight is 716 g/mol. The number of carbonyl (C=O) groups is 1. The number of ketones is 1. The summed E-state index contributed by atoms with van der Waals surface area (Å²) in [6.07, 6.45) is -8.91. The summed E-state index contributed by atoms with van der Waals surface area (Å²) in [6.45, 7) is -0.605. The molecule has 0 aromatic carbocycles. The monoisotopic (exact) mass is 716 g/mol. The Labute approximate surface area is 265 Å². The number of ether oxygens (including phenoxy) is 2. The van der Waals surface area contributed by atoms with Crippen LogP contribution in [0.3, 0.4) is 0 Å². The molecule has 7 rings (SSSR count).